The lowest BCUT2D eigenvalue weighted by molar-refractivity contribution is -0.124. The van der Waals surface area contributed by atoms with Gasteiger partial charge in [0.25, 0.3) is 0 Å². The zero-order chi connectivity index (χ0) is 19.4. The van der Waals surface area contributed by atoms with Crippen LogP contribution in [-0.4, -0.2) is 54.3 Å². The molecule has 1 aliphatic rings. The van der Waals surface area contributed by atoms with E-state index in [9.17, 15) is 9.59 Å². The lowest BCUT2D eigenvalue weighted by atomic mass is 10.1. The van der Waals surface area contributed by atoms with Crippen LogP contribution in [0.2, 0.25) is 0 Å². The Kier molecular flexibility index (Phi) is 5.58. The SMILES string of the molecule is CCc1nnc(-c2ccc(OC)c(NC(=O)N3CCC(C(=O)NC)C3)c2)o1. The van der Waals surface area contributed by atoms with E-state index in [2.05, 4.69) is 20.8 Å². The van der Waals surface area contributed by atoms with Crippen LogP contribution in [0.1, 0.15) is 19.2 Å². The monoisotopic (exact) mass is 373 g/mol. The molecule has 144 valence electrons. The maximum Gasteiger partial charge on any atom is 0.321 e. The van der Waals surface area contributed by atoms with Gasteiger partial charge in [-0.05, 0) is 24.6 Å². The van der Waals surface area contributed by atoms with Gasteiger partial charge in [-0.25, -0.2) is 4.79 Å². The minimum Gasteiger partial charge on any atom is -0.495 e. The highest BCUT2D eigenvalue weighted by Gasteiger charge is 2.30. The van der Waals surface area contributed by atoms with Crippen LogP contribution in [0, 0.1) is 5.92 Å². The standard InChI is InChI=1S/C18H23N5O4/c1-4-15-21-22-17(27-15)11-5-6-14(26-3)13(9-11)20-18(25)23-8-7-12(10-23)16(24)19-2/h5-6,9,12H,4,7-8,10H2,1-3H3,(H,19,24)(H,20,25). The molecule has 1 unspecified atom stereocenters. The Morgan fingerprint density at radius 2 is 2.19 bits per heavy atom. The van der Waals surface area contributed by atoms with Crippen molar-refractivity contribution in [2.24, 2.45) is 5.92 Å². The Hall–Kier alpha value is -3.10. The number of aromatic nitrogens is 2. The van der Waals surface area contributed by atoms with Gasteiger partial charge in [0.15, 0.2) is 0 Å². The summed E-state index contributed by atoms with van der Waals surface area (Å²) in [5.41, 5.74) is 1.18. The predicted molar refractivity (Wildman–Crippen MR) is 98.4 cm³/mol. The zero-order valence-corrected chi connectivity index (χ0v) is 15.6. The Bertz CT molecular complexity index is 835. The topological polar surface area (TPSA) is 110 Å². The molecule has 1 aromatic heterocycles. The summed E-state index contributed by atoms with van der Waals surface area (Å²) >= 11 is 0. The number of hydrogen-bond donors (Lipinski definition) is 2. The number of carbonyl (C=O) groups excluding carboxylic acids is 2. The average Bonchev–Trinajstić information content (AvgIpc) is 3.37. The number of nitrogens with zero attached hydrogens (tertiary/aromatic N) is 3. The van der Waals surface area contributed by atoms with Gasteiger partial charge in [-0.2, -0.15) is 0 Å². The third-order valence-corrected chi connectivity index (χ3v) is 4.55. The summed E-state index contributed by atoms with van der Waals surface area (Å²) in [4.78, 5) is 26.0. The minimum absolute atomic E-state index is 0.0481. The molecule has 1 aliphatic heterocycles. The third kappa shape index (κ3) is 4.02. The van der Waals surface area contributed by atoms with Gasteiger partial charge in [-0.15, -0.1) is 10.2 Å². The second-order valence-electron chi connectivity index (χ2n) is 6.25. The zero-order valence-electron chi connectivity index (χ0n) is 15.6. The van der Waals surface area contributed by atoms with Crippen LogP contribution in [-0.2, 0) is 11.2 Å². The van der Waals surface area contributed by atoms with Crippen LogP contribution in [0.5, 0.6) is 5.75 Å². The van der Waals surface area contributed by atoms with Gasteiger partial charge in [0, 0.05) is 32.1 Å². The molecule has 2 N–H and O–H groups in total. The molecule has 0 bridgehead atoms. The molecule has 1 fully saturated rings. The first-order valence-electron chi connectivity index (χ1n) is 8.84. The number of methoxy groups -OCH3 is 1. The number of rotatable bonds is 5. The molecule has 0 radical (unpaired) electrons. The van der Waals surface area contributed by atoms with Crippen LogP contribution in [0.4, 0.5) is 10.5 Å². The second-order valence-corrected chi connectivity index (χ2v) is 6.25. The molecule has 1 saturated heterocycles. The van der Waals surface area contributed by atoms with Crippen molar-refractivity contribution in [1.82, 2.24) is 20.4 Å². The van der Waals surface area contributed by atoms with Crippen molar-refractivity contribution in [1.29, 1.82) is 0 Å². The number of nitrogens with one attached hydrogen (secondary N) is 2. The largest absolute Gasteiger partial charge is 0.495 e. The molecule has 27 heavy (non-hydrogen) atoms. The number of amides is 3. The molecule has 1 atom stereocenters. The summed E-state index contributed by atoms with van der Waals surface area (Å²) in [5.74, 6) is 1.21. The highest BCUT2D eigenvalue weighted by Crippen LogP contribution is 2.31. The van der Waals surface area contributed by atoms with Crippen LogP contribution in [0.25, 0.3) is 11.5 Å². The van der Waals surface area contributed by atoms with Gasteiger partial charge in [0.2, 0.25) is 17.7 Å². The number of hydrogen-bond acceptors (Lipinski definition) is 6. The summed E-state index contributed by atoms with van der Waals surface area (Å²) in [5, 5.41) is 13.5. The Balaban J connectivity index is 1.76. The number of benzene rings is 1. The van der Waals surface area contributed by atoms with Gasteiger partial charge in [-0.3, -0.25) is 4.79 Å². The Labute approximate surface area is 157 Å². The molecule has 3 amide bonds. The Morgan fingerprint density at radius 3 is 2.85 bits per heavy atom. The molecule has 1 aromatic carbocycles. The van der Waals surface area contributed by atoms with Gasteiger partial charge < -0.3 is 24.7 Å². The maximum atomic E-state index is 12.6. The number of likely N-dealkylation sites (tertiary alicyclic amines) is 1. The molecule has 0 saturated carbocycles. The van der Waals surface area contributed by atoms with Crippen molar-refractivity contribution in [3.8, 4) is 17.2 Å². The number of carbonyl (C=O) groups is 2. The number of ether oxygens (including phenoxy) is 1. The fraction of sp³-hybridized carbons (Fsp3) is 0.444. The van der Waals surface area contributed by atoms with E-state index in [1.165, 1.54) is 7.11 Å². The summed E-state index contributed by atoms with van der Waals surface area (Å²) < 4.78 is 10.9. The fourth-order valence-electron chi connectivity index (χ4n) is 3.01. The first-order chi connectivity index (χ1) is 13.0. The van der Waals surface area contributed by atoms with Crippen molar-refractivity contribution >= 4 is 17.6 Å². The highest BCUT2D eigenvalue weighted by atomic mass is 16.5. The van der Waals surface area contributed by atoms with Gasteiger partial charge >= 0.3 is 6.03 Å². The second kappa shape index (κ2) is 8.07. The minimum atomic E-state index is -0.281. The predicted octanol–water partition coefficient (Wildman–Crippen LogP) is 1.91. The maximum absolute atomic E-state index is 12.6. The van der Waals surface area contributed by atoms with E-state index in [0.29, 0.717) is 54.7 Å². The summed E-state index contributed by atoms with van der Waals surface area (Å²) in [6, 6.07) is 4.98. The van der Waals surface area contributed by atoms with Crippen LogP contribution >= 0.6 is 0 Å². The van der Waals surface area contributed by atoms with Gasteiger partial charge in [-0.1, -0.05) is 6.92 Å². The van der Waals surface area contributed by atoms with E-state index < -0.39 is 0 Å². The molecule has 0 spiro atoms. The molecule has 9 nitrogen and oxygen atoms in total. The number of urea groups is 1. The molecule has 9 heteroatoms. The Morgan fingerprint density at radius 1 is 1.37 bits per heavy atom. The summed E-state index contributed by atoms with van der Waals surface area (Å²) in [6.07, 6.45) is 1.29. The normalized spacial score (nSPS) is 16.3. The van der Waals surface area contributed by atoms with Crippen LogP contribution in [0.15, 0.2) is 22.6 Å². The lowest BCUT2D eigenvalue weighted by Crippen LogP contribution is -2.35. The number of anilines is 1. The van der Waals surface area contributed by atoms with E-state index in [-0.39, 0.29) is 17.9 Å². The first-order valence-corrected chi connectivity index (χ1v) is 8.84. The van der Waals surface area contributed by atoms with Crippen LogP contribution < -0.4 is 15.4 Å². The lowest BCUT2D eigenvalue weighted by Gasteiger charge is -2.18. The van der Waals surface area contributed by atoms with Crippen molar-refractivity contribution in [3.63, 3.8) is 0 Å². The van der Waals surface area contributed by atoms with E-state index in [1.807, 2.05) is 6.92 Å². The van der Waals surface area contributed by atoms with Gasteiger partial charge in [0.05, 0.1) is 18.7 Å². The van der Waals surface area contributed by atoms with Crippen molar-refractivity contribution in [2.45, 2.75) is 19.8 Å². The molecular formula is C18H23N5O4. The average molecular weight is 373 g/mol. The highest BCUT2D eigenvalue weighted by molar-refractivity contribution is 5.92. The van der Waals surface area contributed by atoms with Crippen molar-refractivity contribution in [3.05, 3.63) is 24.1 Å². The quantitative estimate of drug-likeness (QED) is 0.828. The smallest absolute Gasteiger partial charge is 0.321 e. The van der Waals surface area contributed by atoms with Crippen molar-refractivity contribution in [2.75, 3.05) is 32.6 Å². The van der Waals surface area contributed by atoms with Gasteiger partial charge in [0.1, 0.15) is 5.75 Å². The molecule has 3 rings (SSSR count). The molecule has 0 aliphatic carbocycles. The van der Waals surface area contributed by atoms with Crippen LogP contribution in [0.3, 0.4) is 0 Å². The van der Waals surface area contributed by atoms with E-state index in [1.54, 1.807) is 30.1 Å². The summed E-state index contributed by atoms with van der Waals surface area (Å²) in [6.45, 7) is 2.84. The third-order valence-electron chi connectivity index (χ3n) is 4.55. The fourth-order valence-corrected chi connectivity index (χ4v) is 3.01. The number of aryl methyl sites for hydroxylation is 1. The van der Waals surface area contributed by atoms with E-state index in [0.717, 1.165) is 0 Å². The van der Waals surface area contributed by atoms with Crippen molar-refractivity contribution < 1.29 is 18.7 Å². The molecule has 2 heterocycles. The summed E-state index contributed by atoms with van der Waals surface area (Å²) in [7, 11) is 3.13. The van der Waals surface area contributed by atoms with E-state index in [4.69, 9.17) is 9.15 Å². The first kappa shape index (κ1) is 18.7. The molecular weight excluding hydrogens is 350 g/mol. The molecule has 2 aromatic rings. The van der Waals surface area contributed by atoms with E-state index >= 15 is 0 Å².